The first-order chi connectivity index (χ1) is 10.9. The third kappa shape index (κ3) is 3.13. The van der Waals surface area contributed by atoms with Gasteiger partial charge < -0.3 is 5.11 Å². The fraction of sp³-hybridized carbons (Fsp3) is 0.0625. The fourth-order valence-corrected chi connectivity index (χ4v) is 2.10. The third-order valence-electron chi connectivity index (χ3n) is 3.23. The maximum absolute atomic E-state index is 12.5. The van der Waals surface area contributed by atoms with E-state index in [0.717, 1.165) is 12.3 Å². The van der Waals surface area contributed by atoms with E-state index in [4.69, 9.17) is 0 Å². The van der Waals surface area contributed by atoms with E-state index in [1.165, 1.54) is 18.3 Å². The molecule has 0 unspecified atom stereocenters. The molecule has 116 valence electrons. The van der Waals surface area contributed by atoms with Gasteiger partial charge in [0.05, 0.1) is 5.69 Å². The van der Waals surface area contributed by atoms with Gasteiger partial charge in [-0.05, 0) is 35.9 Å². The Balaban J connectivity index is 2.01. The summed E-state index contributed by atoms with van der Waals surface area (Å²) in [5, 5.41) is 17.6. The van der Waals surface area contributed by atoms with Crippen LogP contribution in [0.1, 0.15) is 5.69 Å². The van der Waals surface area contributed by atoms with Crippen molar-refractivity contribution in [3.05, 3.63) is 60.6 Å². The zero-order valence-corrected chi connectivity index (χ0v) is 11.6. The van der Waals surface area contributed by atoms with Gasteiger partial charge in [-0.1, -0.05) is 12.1 Å². The number of hydrogen-bond donors (Lipinski definition) is 1. The van der Waals surface area contributed by atoms with Crippen LogP contribution in [0.25, 0.3) is 22.4 Å². The number of nitrogens with zero attached hydrogens (tertiary/aromatic N) is 3. The molecule has 0 atom stereocenters. The molecule has 0 saturated heterocycles. The molecule has 0 aliphatic rings. The molecule has 1 N–H and O–H groups in total. The molecule has 0 saturated carbocycles. The Hall–Kier alpha value is -2.96. The molecular formula is C16H10F3N3O. The van der Waals surface area contributed by atoms with Gasteiger partial charge in [0, 0.05) is 23.5 Å². The maximum atomic E-state index is 12.5. The van der Waals surface area contributed by atoms with Gasteiger partial charge in [0.2, 0.25) is 0 Å². The van der Waals surface area contributed by atoms with Crippen molar-refractivity contribution in [1.29, 1.82) is 0 Å². The molecule has 7 heteroatoms. The quantitative estimate of drug-likeness (QED) is 0.778. The number of pyridine rings is 1. The molecule has 3 rings (SSSR count). The summed E-state index contributed by atoms with van der Waals surface area (Å²) in [6.45, 7) is 0. The average Bonchev–Trinajstić information content (AvgIpc) is 2.55. The highest BCUT2D eigenvalue weighted by molar-refractivity contribution is 5.75. The smallest absolute Gasteiger partial charge is 0.433 e. The number of alkyl halides is 3. The molecule has 2 heterocycles. The Kier molecular flexibility index (Phi) is 3.69. The van der Waals surface area contributed by atoms with Crippen molar-refractivity contribution >= 4 is 0 Å². The van der Waals surface area contributed by atoms with Gasteiger partial charge in [0.1, 0.15) is 11.4 Å². The van der Waals surface area contributed by atoms with Gasteiger partial charge in [0.25, 0.3) is 0 Å². The summed E-state index contributed by atoms with van der Waals surface area (Å²) < 4.78 is 37.6. The van der Waals surface area contributed by atoms with E-state index < -0.39 is 11.9 Å². The lowest BCUT2D eigenvalue weighted by atomic mass is 10.0. The lowest BCUT2D eigenvalue weighted by Gasteiger charge is -2.09. The first-order valence-corrected chi connectivity index (χ1v) is 6.60. The minimum absolute atomic E-state index is 0.00845. The Morgan fingerprint density at radius 3 is 2.35 bits per heavy atom. The van der Waals surface area contributed by atoms with Crippen molar-refractivity contribution in [2.45, 2.75) is 6.18 Å². The fourth-order valence-electron chi connectivity index (χ4n) is 2.10. The third-order valence-corrected chi connectivity index (χ3v) is 3.23. The second-order valence-corrected chi connectivity index (χ2v) is 4.77. The Labute approximate surface area is 129 Å². The van der Waals surface area contributed by atoms with Gasteiger partial charge in [0.15, 0.2) is 0 Å². The van der Waals surface area contributed by atoms with Crippen LogP contribution < -0.4 is 0 Å². The molecule has 0 amide bonds. The molecule has 0 aliphatic carbocycles. The van der Waals surface area contributed by atoms with Crippen LogP contribution in [0, 0.1) is 0 Å². The van der Waals surface area contributed by atoms with Gasteiger partial charge in [-0.3, -0.25) is 4.98 Å². The maximum Gasteiger partial charge on any atom is 0.433 e. The van der Waals surface area contributed by atoms with Crippen molar-refractivity contribution in [3.8, 4) is 28.1 Å². The minimum atomic E-state index is -4.47. The number of phenols is 1. The van der Waals surface area contributed by atoms with Crippen LogP contribution in [0.2, 0.25) is 0 Å². The summed E-state index contributed by atoms with van der Waals surface area (Å²) >= 11 is 0. The van der Waals surface area contributed by atoms with E-state index in [1.54, 1.807) is 24.3 Å². The highest BCUT2D eigenvalue weighted by Crippen LogP contribution is 2.33. The molecule has 0 aliphatic heterocycles. The van der Waals surface area contributed by atoms with Crippen LogP contribution in [0.15, 0.2) is 54.9 Å². The zero-order chi connectivity index (χ0) is 16.4. The van der Waals surface area contributed by atoms with Crippen LogP contribution >= 0.6 is 0 Å². The number of benzene rings is 1. The standard InChI is InChI=1S/C16H10F3N3O/c17-16(18,19)15-6-4-11(9-20-15)10-3-5-14(23)12(8-10)13-2-1-7-21-22-13/h1-9,23H. The van der Waals surface area contributed by atoms with Gasteiger partial charge in [-0.25, -0.2) is 0 Å². The van der Waals surface area contributed by atoms with Crippen LogP contribution in [0.5, 0.6) is 5.75 Å². The van der Waals surface area contributed by atoms with Crippen molar-refractivity contribution < 1.29 is 18.3 Å². The SMILES string of the molecule is Oc1ccc(-c2ccc(C(F)(F)F)nc2)cc1-c1cccnn1. The highest BCUT2D eigenvalue weighted by Gasteiger charge is 2.32. The summed E-state index contributed by atoms with van der Waals surface area (Å²) in [4.78, 5) is 3.44. The molecular weight excluding hydrogens is 307 g/mol. The highest BCUT2D eigenvalue weighted by atomic mass is 19.4. The molecule has 0 bridgehead atoms. The van der Waals surface area contributed by atoms with Crippen LogP contribution in [0.3, 0.4) is 0 Å². The predicted octanol–water partition coefficient (Wildman–Crippen LogP) is 3.93. The van der Waals surface area contributed by atoms with Crippen LogP contribution in [0.4, 0.5) is 13.2 Å². The summed E-state index contributed by atoms with van der Waals surface area (Å²) in [7, 11) is 0. The topological polar surface area (TPSA) is 58.9 Å². The molecule has 1 aromatic carbocycles. The van der Waals surface area contributed by atoms with Gasteiger partial charge >= 0.3 is 6.18 Å². The van der Waals surface area contributed by atoms with Crippen molar-refractivity contribution in [2.75, 3.05) is 0 Å². The van der Waals surface area contributed by atoms with Crippen LogP contribution in [-0.4, -0.2) is 20.3 Å². The average molecular weight is 317 g/mol. The first-order valence-electron chi connectivity index (χ1n) is 6.60. The number of halogens is 3. The molecule has 0 radical (unpaired) electrons. The number of aromatic hydroxyl groups is 1. The normalized spacial score (nSPS) is 11.4. The Bertz CT molecular complexity index is 818. The van der Waals surface area contributed by atoms with E-state index in [1.807, 2.05) is 0 Å². The summed E-state index contributed by atoms with van der Waals surface area (Å²) in [6, 6.07) is 10.3. The summed E-state index contributed by atoms with van der Waals surface area (Å²) in [6.07, 6.45) is -1.82. The lowest BCUT2D eigenvalue weighted by Crippen LogP contribution is -2.07. The molecule has 0 spiro atoms. The van der Waals surface area contributed by atoms with E-state index in [2.05, 4.69) is 15.2 Å². The molecule has 23 heavy (non-hydrogen) atoms. The van der Waals surface area contributed by atoms with Crippen molar-refractivity contribution in [3.63, 3.8) is 0 Å². The largest absolute Gasteiger partial charge is 0.507 e. The number of phenolic OH excluding ortho intramolecular Hbond substituents is 1. The molecule has 3 aromatic rings. The number of aromatic nitrogens is 3. The lowest BCUT2D eigenvalue weighted by molar-refractivity contribution is -0.141. The second-order valence-electron chi connectivity index (χ2n) is 4.77. The number of rotatable bonds is 2. The Morgan fingerprint density at radius 2 is 1.74 bits per heavy atom. The molecule has 2 aromatic heterocycles. The molecule has 4 nitrogen and oxygen atoms in total. The van der Waals surface area contributed by atoms with E-state index in [-0.39, 0.29) is 5.75 Å². The van der Waals surface area contributed by atoms with Crippen molar-refractivity contribution in [1.82, 2.24) is 15.2 Å². The second kappa shape index (κ2) is 5.68. The van der Waals surface area contributed by atoms with Crippen LogP contribution in [-0.2, 0) is 6.18 Å². The monoisotopic (exact) mass is 317 g/mol. The van der Waals surface area contributed by atoms with Gasteiger partial charge in [-0.2, -0.15) is 23.4 Å². The Morgan fingerprint density at radius 1 is 0.957 bits per heavy atom. The first kappa shape index (κ1) is 15.0. The molecule has 0 fully saturated rings. The van der Waals surface area contributed by atoms with Crippen molar-refractivity contribution in [2.24, 2.45) is 0 Å². The minimum Gasteiger partial charge on any atom is -0.507 e. The number of hydrogen-bond acceptors (Lipinski definition) is 4. The van der Waals surface area contributed by atoms with E-state index >= 15 is 0 Å². The van der Waals surface area contributed by atoms with E-state index in [9.17, 15) is 18.3 Å². The van der Waals surface area contributed by atoms with E-state index in [0.29, 0.717) is 22.4 Å². The van der Waals surface area contributed by atoms with Gasteiger partial charge in [-0.15, -0.1) is 0 Å². The summed E-state index contributed by atoms with van der Waals surface area (Å²) in [5.74, 6) is 0.00845. The zero-order valence-electron chi connectivity index (χ0n) is 11.6. The predicted molar refractivity (Wildman–Crippen MR) is 77.4 cm³/mol. The summed E-state index contributed by atoms with van der Waals surface area (Å²) in [5.41, 5.74) is 1.07.